The monoisotopic (exact) mass is 202 g/mol. The highest BCUT2D eigenvalue weighted by Crippen LogP contribution is 2.18. The maximum Gasteiger partial charge on any atom is 0.0317 e. The molecule has 0 fully saturated rings. The molecule has 0 spiro atoms. The summed E-state index contributed by atoms with van der Waals surface area (Å²) in [6.07, 6.45) is 4.71. The van der Waals surface area contributed by atoms with E-state index in [4.69, 9.17) is 22.9 Å². The molecule has 4 heteroatoms. The van der Waals surface area contributed by atoms with E-state index in [9.17, 15) is 0 Å². The summed E-state index contributed by atoms with van der Waals surface area (Å²) in [7, 11) is 0. The molecule has 0 bridgehead atoms. The summed E-state index contributed by atoms with van der Waals surface area (Å²) in [5.74, 6) is 0. The number of hydrogen-bond acceptors (Lipinski definition) is 4. The van der Waals surface area contributed by atoms with Crippen molar-refractivity contribution in [3.63, 3.8) is 0 Å². The SMILES string of the molecule is CCC(N)(CCN)C(N)CCCCN. The minimum absolute atomic E-state index is 0.0441. The van der Waals surface area contributed by atoms with Gasteiger partial charge in [0.1, 0.15) is 0 Å². The summed E-state index contributed by atoms with van der Waals surface area (Å²) in [5, 5.41) is 0. The minimum Gasteiger partial charge on any atom is -0.330 e. The lowest BCUT2D eigenvalue weighted by Crippen LogP contribution is -2.55. The van der Waals surface area contributed by atoms with Crippen molar-refractivity contribution in [3.8, 4) is 0 Å². The molecule has 14 heavy (non-hydrogen) atoms. The van der Waals surface area contributed by atoms with Crippen molar-refractivity contribution < 1.29 is 0 Å². The third-order valence-corrected chi connectivity index (χ3v) is 2.98. The Balaban J connectivity index is 3.95. The fourth-order valence-electron chi connectivity index (χ4n) is 1.69. The first-order valence-electron chi connectivity index (χ1n) is 5.55. The quantitative estimate of drug-likeness (QED) is 0.412. The van der Waals surface area contributed by atoms with Crippen LogP contribution in [0.15, 0.2) is 0 Å². The second kappa shape index (κ2) is 7.17. The molecule has 0 saturated heterocycles. The van der Waals surface area contributed by atoms with Gasteiger partial charge in [0.05, 0.1) is 0 Å². The Morgan fingerprint density at radius 2 is 1.79 bits per heavy atom. The maximum absolute atomic E-state index is 6.20. The van der Waals surface area contributed by atoms with Crippen LogP contribution < -0.4 is 22.9 Å². The lowest BCUT2D eigenvalue weighted by Gasteiger charge is -2.34. The molecule has 0 heterocycles. The van der Waals surface area contributed by atoms with E-state index in [1.165, 1.54) is 0 Å². The molecule has 0 aromatic rings. The molecule has 0 radical (unpaired) electrons. The van der Waals surface area contributed by atoms with E-state index in [0.29, 0.717) is 6.54 Å². The second-order valence-corrected chi connectivity index (χ2v) is 4.02. The summed E-state index contributed by atoms with van der Waals surface area (Å²) in [4.78, 5) is 0. The Labute approximate surface area is 87.4 Å². The summed E-state index contributed by atoms with van der Waals surface area (Å²) < 4.78 is 0. The lowest BCUT2D eigenvalue weighted by atomic mass is 9.83. The van der Waals surface area contributed by atoms with Gasteiger partial charge < -0.3 is 22.9 Å². The molecule has 86 valence electrons. The average Bonchev–Trinajstić information content (AvgIpc) is 2.18. The van der Waals surface area contributed by atoms with E-state index < -0.39 is 0 Å². The van der Waals surface area contributed by atoms with Crippen LogP contribution in [-0.4, -0.2) is 24.7 Å². The number of rotatable bonds is 8. The predicted octanol–water partition coefficient (Wildman–Crippen LogP) is -0.101. The predicted molar refractivity (Wildman–Crippen MR) is 61.8 cm³/mol. The van der Waals surface area contributed by atoms with Crippen LogP contribution in [0, 0.1) is 0 Å². The van der Waals surface area contributed by atoms with E-state index in [1.54, 1.807) is 0 Å². The molecule has 8 N–H and O–H groups in total. The maximum atomic E-state index is 6.20. The fraction of sp³-hybridized carbons (Fsp3) is 1.00. The molecule has 0 aromatic heterocycles. The molecule has 0 aliphatic rings. The van der Waals surface area contributed by atoms with E-state index in [1.807, 2.05) is 0 Å². The molecule has 4 nitrogen and oxygen atoms in total. The molecule has 0 aliphatic heterocycles. The summed E-state index contributed by atoms with van der Waals surface area (Å²) in [5.41, 5.74) is 22.9. The topological polar surface area (TPSA) is 104 Å². The van der Waals surface area contributed by atoms with Gasteiger partial charge in [0.25, 0.3) is 0 Å². The minimum atomic E-state index is -0.288. The van der Waals surface area contributed by atoms with Gasteiger partial charge >= 0.3 is 0 Å². The zero-order chi connectivity index (χ0) is 11.0. The highest BCUT2D eigenvalue weighted by Gasteiger charge is 2.28. The molecule has 0 saturated carbocycles. The molecule has 0 aromatic carbocycles. The van der Waals surface area contributed by atoms with Gasteiger partial charge in [-0.05, 0) is 38.8 Å². The smallest absolute Gasteiger partial charge is 0.0317 e. The summed E-state index contributed by atoms with van der Waals surface area (Å²) >= 11 is 0. The van der Waals surface area contributed by atoms with Crippen LogP contribution in [0.25, 0.3) is 0 Å². The summed E-state index contributed by atoms with van der Waals surface area (Å²) in [6.45, 7) is 3.40. The van der Waals surface area contributed by atoms with Crippen LogP contribution in [-0.2, 0) is 0 Å². The highest BCUT2D eigenvalue weighted by atomic mass is 14.9. The van der Waals surface area contributed by atoms with Gasteiger partial charge in [0, 0.05) is 11.6 Å². The van der Waals surface area contributed by atoms with Crippen LogP contribution in [0.5, 0.6) is 0 Å². The fourth-order valence-corrected chi connectivity index (χ4v) is 1.69. The van der Waals surface area contributed by atoms with Gasteiger partial charge in [-0.15, -0.1) is 0 Å². The first kappa shape index (κ1) is 13.8. The highest BCUT2D eigenvalue weighted by molar-refractivity contribution is 4.93. The van der Waals surface area contributed by atoms with E-state index in [0.717, 1.165) is 38.6 Å². The van der Waals surface area contributed by atoms with Gasteiger partial charge in [-0.2, -0.15) is 0 Å². The van der Waals surface area contributed by atoms with Crippen LogP contribution in [0.2, 0.25) is 0 Å². The van der Waals surface area contributed by atoms with Crippen molar-refractivity contribution in [3.05, 3.63) is 0 Å². The molecule has 0 amide bonds. The largest absolute Gasteiger partial charge is 0.330 e. The average molecular weight is 202 g/mol. The van der Waals surface area contributed by atoms with Crippen molar-refractivity contribution in [2.24, 2.45) is 22.9 Å². The zero-order valence-corrected chi connectivity index (χ0v) is 9.34. The molecule has 0 aliphatic carbocycles. The van der Waals surface area contributed by atoms with E-state index in [-0.39, 0.29) is 11.6 Å². The standard InChI is InChI=1S/C10H26N4/c1-2-10(14,6-8-12)9(13)5-3-4-7-11/h9H,2-8,11-14H2,1H3. The molecule has 2 atom stereocenters. The van der Waals surface area contributed by atoms with E-state index in [2.05, 4.69) is 6.92 Å². The molecular formula is C10H26N4. The third-order valence-electron chi connectivity index (χ3n) is 2.98. The third kappa shape index (κ3) is 4.37. The van der Waals surface area contributed by atoms with Gasteiger partial charge in [-0.3, -0.25) is 0 Å². The number of hydrogen-bond donors (Lipinski definition) is 4. The van der Waals surface area contributed by atoms with Gasteiger partial charge in [0.2, 0.25) is 0 Å². The Hall–Kier alpha value is -0.160. The van der Waals surface area contributed by atoms with Gasteiger partial charge in [-0.1, -0.05) is 13.3 Å². The lowest BCUT2D eigenvalue weighted by molar-refractivity contribution is 0.296. The van der Waals surface area contributed by atoms with E-state index >= 15 is 0 Å². The Kier molecular flexibility index (Phi) is 7.09. The van der Waals surface area contributed by atoms with Crippen LogP contribution in [0.3, 0.4) is 0 Å². The van der Waals surface area contributed by atoms with Crippen molar-refractivity contribution in [1.29, 1.82) is 0 Å². The van der Waals surface area contributed by atoms with Crippen molar-refractivity contribution in [1.82, 2.24) is 0 Å². The second-order valence-electron chi connectivity index (χ2n) is 4.02. The molecule has 0 rings (SSSR count). The van der Waals surface area contributed by atoms with Crippen LogP contribution in [0.4, 0.5) is 0 Å². The number of nitrogens with two attached hydrogens (primary N) is 4. The Morgan fingerprint density at radius 3 is 2.21 bits per heavy atom. The molecule has 2 unspecified atom stereocenters. The zero-order valence-electron chi connectivity index (χ0n) is 9.34. The Morgan fingerprint density at radius 1 is 1.14 bits per heavy atom. The van der Waals surface area contributed by atoms with Crippen molar-refractivity contribution >= 4 is 0 Å². The van der Waals surface area contributed by atoms with Gasteiger partial charge in [0.15, 0.2) is 0 Å². The first-order valence-corrected chi connectivity index (χ1v) is 5.55. The van der Waals surface area contributed by atoms with Crippen molar-refractivity contribution in [2.75, 3.05) is 13.1 Å². The van der Waals surface area contributed by atoms with Crippen LogP contribution >= 0.6 is 0 Å². The van der Waals surface area contributed by atoms with Gasteiger partial charge in [-0.25, -0.2) is 0 Å². The normalized spacial score (nSPS) is 17.8. The first-order chi connectivity index (χ1) is 6.60. The number of unbranched alkanes of at least 4 members (excludes halogenated alkanes) is 1. The molecular weight excluding hydrogens is 176 g/mol. The Bertz CT molecular complexity index is 140. The van der Waals surface area contributed by atoms with Crippen LogP contribution in [0.1, 0.15) is 39.0 Å². The summed E-state index contributed by atoms with van der Waals surface area (Å²) in [6, 6.07) is 0.0441. The van der Waals surface area contributed by atoms with Crippen molar-refractivity contribution in [2.45, 2.75) is 50.6 Å².